The summed E-state index contributed by atoms with van der Waals surface area (Å²) in [6.07, 6.45) is 12.2. The van der Waals surface area contributed by atoms with Gasteiger partial charge in [0, 0.05) is 13.1 Å². The molecule has 0 bridgehead atoms. The minimum Gasteiger partial charge on any atom is -0.346 e. The second kappa shape index (κ2) is 10.8. The maximum atomic E-state index is 13.7. The van der Waals surface area contributed by atoms with Crippen LogP contribution in [0.15, 0.2) is 12.7 Å². The Kier molecular flexibility index (Phi) is 7.99. The van der Waals surface area contributed by atoms with Gasteiger partial charge in [-0.25, -0.2) is 0 Å². The van der Waals surface area contributed by atoms with E-state index < -0.39 is 29.8 Å². The third-order valence-electron chi connectivity index (χ3n) is 9.14. The van der Waals surface area contributed by atoms with Crippen LogP contribution in [0, 0.1) is 23.2 Å². The molecule has 3 amide bonds. The maximum Gasteiger partial charge on any atom is 0.289 e. The number of nitrogens with one attached hydrogen (secondary N) is 2. The predicted octanol–water partition coefficient (Wildman–Crippen LogP) is 2.07. The second-order valence-electron chi connectivity index (χ2n) is 11.2. The molecule has 8 heteroatoms. The highest BCUT2D eigenvalue weighted by Gasteiger charge is 2.63. The van der Waals surface area contributed by atoms with Gasteiger partial charge < -0.3 is 21.3 Å². The first-order chi connectivity index (χ1) is 16.8. The molecule has 1 spiro atoms. The Morgan fingerprint density at radius 1 is 1.11 bits per heavy atom. The number of nitrogens with zero attached hydrogens (tertiary/aromatic N) is 1. The molecule has 4 fully saturated rings. The first kappa shape index (κ1) is 25.9. The number of hydrogen-bond donors (Lipinski definition) is 3. The summed E-state index contributed by atoms with van der Waals surface area (Å²) < 4.78 is 0. The van der Waals surface area contributed by atoms with E-state index in [1.165, 1.54) is 25.3 Å². The van der Waals surface area contributed by atoms with Crippen molar-refractivity contribution in [1.29, 1.82) is 0 Å². The number of Topliss-reactive ketones (excluding diaryl/α,β-unsaturated/α-hetero) is 1. The van der Waals surface area contributed by atoms with Gasteiger partial charge in [0.1, 0.15) is 6.04 Å². The van der Waals surface area contributed by atoms with Crippen LogP contribution >= 0.6 is 0 Å². The topological polar surface area (TPSA) is 122 Å². The van der Waals surface area contributed by atoms with Gasteiger partial charge in [0.2, 0.25) is 17.6 Å². The number of carbonyl (C=O) groups excluding carboxylic acids is 4. The molecule has 8 nitrogen and oxygen atoms in total. The molecule has 0 aromatic rings. The van der Waals surface area contributed by atoms with E-state index >= 15 is 0 Å². The maximum absolute atomic E-state index is 13.7. The molecular weight excluding hydrogens is 444 g/mol. The van der Waals surface area contributed by atoms with Crippen LogP contribution in [0.1, 0.15) is 77.6 Å². The van der Waals surface area contributed by atoms with Gasteiger partial charge >= 0.3 is 0 Å². The normalized spacial score (nSPS) is 28.7. The Morgan fingerprint density at radius 3 is 2.46 bits per heavy atom. The van der Waals surface area contributed by atoms with Crippen LogP contribution < -0.4 is 16.4 Å². The molecule has 194 valence electrons. The van der Waals surface area contributed by atoms with Crippen LogP contribution in [0.3, 0.4) is 0 Å². The van der Waals surface area contributed by atoms with Crippen LogP contribution in [0.5, 0.6) is 0 Å². The smallest absolute Gasteiger partial charge is 0.289 e. The zero-order valence-corrected chi connectivity index (χ0v) is 21.1. The largest absolute Gasteiger partial charge is 0.346 e. The third-order valence-corrected chi connectivity index (χ3v) is 9.14. The Morgan fingerprint density at radius 2 is 1.83 bits per heavy atom. The number of hydrogen-bond acceptors (Lipinski definition) is 5. The molecule has 4 aliphatic rings. The van der Waals surface area contributed by atoms with E-state index in [1.807, 2.05) is 6.92 Å². The molecule has 0 aromatic heterocycles. The summed E-state index contributed by atoms with van der Waals surface area (Å²) in [5, 5.41) is 5.38. The minimum atomic E-state index is -0.906. The number of rotatable bonds is 10. The number of nitrogens with two attached hydrogens (primary N) is 1. The van der Waals surface area contributed by atoms with E-state index in [0.29, 0.717) is 25.3 Å². The zero-order valence-electron chi connectivity index (χ0n) is 21.1. The average Bonchev–Trinajstić information content (AvgIpc) is 3.44. The van der Waals surface area contributed by atoms with Crippen LogP contribution in [0.2, 0.25) is 0 Å². The number of likely N-dealkylation sites (tertiary alicyclic amines) is 1. The lowest BCUT2D eigenvalue weighted by atomic mass is 9.83. The summed E-state index contributed by atoms with van der Waals surface area (Å²) in [4.78, 5) is 54.2. The van der Waals surface area contributed by atoms with Gasteiger partial charge in [-0.3, -0.25) is 19.2 Å². The van der Waals surface area contributed by atoms with Crippen molar-refractivity contribution in [3.63, 3.8) is 0 Å². The molecule has 3 saturated carbocycles. The summed E-state index contributed by atoms with van der Waals surface area (Å²) in [7, 11) is 0. The number of amides is 3. The molecule has 0 aromatic carbocycles. The van der Waals surface area contributed by atoms with E-state index in [4.69, 9.17) is 5.73 Å². The summed E-state index contributed by atoms with van der Waals surface area (Å²) in [5.74, 6) is -1.24. The van der Waals surface area contributed by atoms with Crippen molar-refractivity contribution >= 4 is 23.5 Å². The molecule has 0 radical (unpaired) electrons. The molecule has 5 atom stereocenters. The Bertz CT molecular complexity index is 848. The van der Waals surface area contributed by atoms with Crippen molar-refractivity contribution in [3.8, 4) is 0 Å². The second-order valence-corrected chi connectivity index (χ2v) is 11.2. The first-order valence-electron chi connectivity index (χ1n) is 13.6. The molecular formula is C27H42N4O4. The summed E-state index contributed by atoms with van der Waals surface area (Å²) in [6.45, 7) is 6.23. The number of fused-ring (bicyclic) bond motifs is 2. The SMILES string of the molecule is C=CCNC(=O)C(=O)C(CCC)NC(=O)[C@@H]1[C@H]2CCC3(CC3)[C@H]2CN1C(=O)[C@@H](N)C1CCCCC1. The van der Waals surface area contributed by atoms with Crippen LogP contribution in [0.4, 0.5) is 0 Å². The quantitative estimate of drug-likeness (QED) is 0.322. The molecule has 4 N–H and O–H groups in total. The Hall–Kier alpha value is -2.22. The van der Waals surface area contributed by atoms with E-state index in [-0.39, 0.29) is 35.6 Å². The molecule has 35 heavy (non-hydrogen) atoms. The number of ketones is 1. The van der Waals surface area contributed by atoms with Gasteiger partial charge in [-0.05, 0) is 68.1 Å². The molecule has 1 heterocycles. The lowest BCUT2D eigenvalue weighted by molar-refractivity contribution is -0.143. The fourth-order valence-electron chi connectivity index (χ4n) is 7.01. The van der Waals surface area contributed by atoms with E-state index in [9.17, 15) is 19.2 Å². The van der Waals surface area contributed by atoms with Crippen LogP contribution in [-0.2, 0) is 19.2 Å². The van der Waals surface area contributed by atoms with E-state index in [0.717, 1.165) is 38.5 Å². The summed E-state index contributed by atoms with van der Waals surface area (Å²) in [6, 6.07) is -2.11. The highest BCUT2D eigenvalue weighted by Crippen LogP contribution is 2.66. The van der Waals surface area contributed by atoms with Gasteiger partial charge in [-0.15, -0.1) is 6.58 Å². The van der Waals surface area contributed by atoms with E-state index in [2.05, 4.69) is 17.2 Å². The van der Waals surface area contributed by atoms with Crippen molar-refractivity contribution in [2.75, 3.05) is 13.1 Å². The van der Waals surface area contributed by atoms with Crippen molar-refractivity contribution < 1.29 is 19.2 Å². The fourth-order valence-corrected chi connectivity index (χ4v) is 7.01. The summed E-state index contributed by atoms with van der Waals surface area (Å²) >= 11 is 0. The zero-order chi connectivity index (χ0) is 25.2. The summed E-state index contributed by atoms with van der Waals surface area (Å²) in [5.41, 5.74) is 6.79. The Labute approximate surface area is 208 Å². The average molecular weight is 487 g/mol. The highest BCUT2D eigenvalue weighted by atomic mass is 16.2. The fraction of sp³-hybridized carbons (Fsp3) is 0.778. The van der Waals surface area contributed by atoms with Gasteiger partial charge in [0.05, 0.1) is 12.1 Å². The van der Waals surface area contributed by atoms with Crippen molar-refractivity contribution in [1.82, 2.24) is 15.5 Å². The molecule has 1 saturated heterocycles. The molecule has 3 aliphatic carbocycles. The van der Waals surface area contributed by atoms with Crippen LogP contribution in [0.25, 0.3) is 0 Å². The van der Waals surface area contributed by atoms with Gasteiger partial charge in [-0.1, -0.05) is 38.7 Å². The number of carbonyl (C=O) groups is 4. The lowest BCUT2D eigenvalue weighted by Crippen LogP contribution is -2.57. The standard InChI is InChI=1S/C27H42N4O4/c1-3-8-20(23(32)25(34)29-15-4-2)30-24(33)22-18-11-12-27(13-14-27)19(18)16-31(22)26(35)21(28)17-9-6-5-7-10-17/h4,17-22H,2-3,5-16,28H2,1H3,(H,29,34)(H,30,33)/t18-,19-,20?,21-,22-/m0/s1. The minimum absolute atomic E-state index is 0.0898. The lowest BCUT2D eigenvalue weighted by Gasteiger charge is -2.34. The molecule has 4 rings (SSSR count). The van der Waals surface area contributed by atoms with E-state index in [1.54, 1.807) is 4.90 Å². The highest BCUT2D eigenvalue weighted by molar-refractivity contribution is 6.38. The van der Waals surface area contributed by atoms with Crippen molar-refractivity contribution in [2.45, 2.75) is 95.7 Å². The monoisotopic (exact) mass is 486 g/mol. The van der Waals surface area contributed by atoms with Gasteiger partial charge in [0.25, 0.3) is 5.91 Å². The third kappa shape index (κ3) is 5.18. The van der Waals surface area contributed by atoms with Gasteiger partial charge in [0.15, 0.2) is 0 Å². The molecule has 1 aliphatic heterocycles. The Balaban J connectivity index is 1.52. The van der Waals surface area contributed by atoms with Crippen molar-refractivity contribution in [3.05, 3.63) is 12.7 Å². The van der Waals surface area contributed by atoms with Gasteiger partial charge in [-0.2, -0.15) is 0 Å². The predicted molar refractivity (Wildman–Crippen MR) is 133 cm³/mol. The molecule has 1 unspecified atom stereocenters. The first-order valence-corrected chi connectivity index (χ1v) is 13.6. The van der Waals surface area contributed by atoms with Crippen LogP contribution in [-0.4, -0.2) is 59.6 Å². The van der Waals surface area contributed by atoms with Crippen molar-refractivity contribution in [2.24, 2.45) is 28.9 Å².